The first-order valence-electron chi connectivity index (χ1n) is 6.70. The molecule has 4 nitrogen and oxygen atoms in total. The third-order valence-corrected chi connectivity index (χ3v) is 4.36. The topological polar surface area (TPSA) is 58.4 Å². The smallest absolute Gasteiger partial charge is 0.321 e. The van der Waals surface area contributed by atoms with E-state index in [-0.39, 0.29) is 12.1 Å². The van der Waals surface area contributed by atoms with E-state index in [2.05, 4.69) is 40.0 Å². The van der Waals surface area contributed by atoms with Gasteiger partial charge in [0.25, 0.3) is 0 Å². The summed E-state index contributed by atoms with van der Waals surface area (Å²) in [7, 11) is 1.78. The lowest BCUT2D eigenvalue weighted by Crippen LogP contribution is -2.35. The van der Waals surface area contributed by atoms with Gasteiger partial charge in [0.2, 0.25) is 0 Å². The zero-order chi connectivity index (χ0) is 15.0. The lowest BCUT2D eigenvalue weighted by atomic mass is 9.96. The number of hydrogen-bond acceptors (Lipinski definition) is 2. The van der Waals surface area contributed by atoms with Crippen molar-refractivity contribution in [1.29, 1.82) is 0 Å². The largest absolute Gasteiger partial charge is 0.323 e. The van der Waals surface area contributed by atoms with E-state index in [1.807, 2.05) is 30.3 Å². The fraction of sp³-hybridized carbons (Fsp3) is 0.188. The maximum absolute atomic E-state index is 11.6. The van der Waals surface area contributed by atoms with Crippen molar-refractivity contribution in [3.63, 3.8) is 0 Å². The molecule has 0 saturated carbocycles. The molecule has 0 bridgehead atoms. The van der Waals surface area contributed by atoms with Crippen LogP contribution in [0.25, 0.3) is 0 Å². The summed E-state index contributed by atoms with van der Waals surface area (Å²) in [5, 5.41) is 2.87. The highest BCUT2D eigenvalue weighted by molar-refractivity contribution is 14.1. The normalized spacial score (nSPS) is 15.4. The maximum atomic E-state index is 11.6. The number of rotatable bonds is 2. The first kappa shape index (κ1) is 14.3. The van der Waals surface area contributed by atoms with Crippen molar-refractivity contribution < 1.29 is 4.79 Å². The Hall–Kier alpha value is -1.60. The summed E-state index contributed by atoms with van der Waals surface area (Å²) >= 11 is 2.29. The van der Waals surface area contributed by atoms with Crippen molar-refractivity contribution >= 4 is 34.3 Å². The predicted octanol–water partition coefficient (Wildman–Crippen LogP) is 3.32. The van der Waals surface area contributed by atoms with Gasteiger partial charge in [-0.1, -0.05) is 24.3 Å². The number of carbonyl (C=O) groups excluding carboxylic acids is 1. The molecule has 0 spiro atoms. The van der Waals surface area contributed by atoms with Crippen LogP contribution in [0.3, 0.4) is 0 Å². The molecule has 2 aromatic rings. The number of halogens is 1. The number of urea groups is 1. The number of carbonyl (C=O) groups is 1. The maximum Gasteiger partial charge on any atom is 0.321 e. The first-order chi connectivity index (χ1) is 10.0. The summed E-state index contributed by atoms with van der Waals surface area (Å²) in [6.07, 6.45) is 0. The van der Waals surface area contributed by atoms with Crippen molar-refractivity contribution in [2.24, 2.45) is 5.73 Å². The minimum Gasteiger partial charge on any atom is -0.323 e. The molecule has 3 N–H and O–H groups in total. The van der Waals surface area contributed by atoms with Crippen LogP contribution in [0.1, 0.15) is 22.7 Å². The van der Waals surface area contributed by atoms with Crippen LogP contribution in [0, 0.1) is 3.57 Å². The van der Waals surface area contributed by atoms with Crippen molar-refractivity contribution in [3.8, 4) is 0 Å². The Labute approximate surface area is 137 Å². The number of nitrogens with two attached hydrogens (primary N) is 1. The number of benzene rings is 2. The van der Waals surface area contributed by atoms with Crippen LogP contribution in [0.5, 0.6) is 0 Å². The zero-order valence-electron chi connectivity index (χ0n) is 11.6. The molecule has 108 valence electrons. The number of amides is 2. The number of nitrogens with one attached hydrogen (secondary N) is 1. The minimum absolute atomic E-state index is 0.0721. The van der Waals surface area contributed by atoms with Gasteiger partial charge in [-0.05, 0) is 57.5 Å². The second kappa shape index (κ2) is 5.65. The van der Waals surface area contributed by atoms with Gasteiger partial charge in [-0.15, -0.1) is 0 Å². The standard InChI is InChI=1S/C16H16IN3O/c1-20-9-12-7-11(5-6-14(12)19-16(20)21)15(18)10-3-2-4-13(17)8-10/h2-8,15H,9,18H2,1H3,(H,19,21). The Morgan fingerprint density at radius 3 is 2.76 bits per heavy atom. The van der Waals surface area contributed by atoms with Gasteiger partial charge in [-0.2, -0.15) is 0 Å². The van der Waals surface area contributed by atoms with Gasteiger partial charge in [0.15, 0.2) is 0 Å². The molecule has 2 amide bonds. The first-order valence-corrected chi connectivity index (χ1v) is 7.78. The quantitative estimate of drug-likeness (QED) is 0.770. The van der Waals surface area contributed by atoms with E-state index in [0.717, 1.165) is 22.4 Å². The van der Waals surface area contributed by atoms with E-state index < -0.39 is 0 Å². The molecule has 1 aliphatic heterocycles. The highest BCUT2D eigenvalue weighted by Gasteiger charge is 2.20. The third-order valence-electron chi connectivity index (χ3n) is 3.69. The number of nitrogens with zero attached hydrogens (tertiary/aromatic N) is 1. The lowest BCUT2D eigenvalue weighted by molar-refractivity contribution is 0.218. The Kier molecular flexibility index (Phi) is 3.86. The summed E-state index contributed by atoms with van der Waals surface area (Å²) in [5.74, 6) is 0. The van der Waals surface area contributed by atoms with Crippen LogP contribution < -0.4 is 11.1 Å². The minimum atomic E-state index is -0.159. The van der Waals surface area contributed by atoms with Crippen LogP contribution in [0.15, 0.2) is 42.5 Å². The average Bonchev–Trinajstić information content (AvgIpc) is 2.47. The zero-order valence-corrected chi connectivity index (χ0v) is 13.8. The molecular formula is C16H16IN3O. The van der Waals surface area contributed by atoms with Crippen LogP contribution in [0.4, 0.5) is 10.5 Å². The van der Waals surface area contributed by atoms with Gasteiger partial charge in [0.05, 0.1) is 6.04 Å². The van der Waals surface area contributed by atoms with Crippen LogP contribution in [-0.4, -0.2) is 18.0 Å². The van der Waals surface area contributed by atoms with E-state index in [9.17, 15) is 4.79 Å². The molecule has 0 fully saturated rings. The highest BCUT2D eigenvalue weighted by atomic mass is 127. The molecule has 5 heteroatoms. The fourth-order valence-corrected chi connectivity index (χ4v) is 3.06. The van der Waals surface area contributed by atoms with Crippen molar-refractivity contribution in [2.45, 2.75) is 12.6 Å². The van der Waals surface area contributed by atoms with Crippen LogP contribution in [0.2, 0.25) is 0 Å². The number of anilines is 1. The van der Waals surface area contributed by atoms with Gasteiger partial charge in [0.1, 0.15) is 0 Å². The van der Waals surface area contributed by atoms with E-state index in [1.54, 1.807) is 11.9 Å². The monoisotopic (exact) mass is 393 g/mol. The lowest BCUT2D eigenvalue weighted by Gasteiger charge is -2.27. The van der Waals surface area contributed by atoms with E-state index >= 15 is 0 Å². The van der Waals surface area contributed by atoms with Gasteiger partial charge < -0.3 is 16.0 Å². The molecule has 1 atom stereocenters. The summed E-state index contributed by atoms with van der Waals surface area (Å²) in [5.41, 5.74) is 10.5. The van der Waals surface area contributed by atoms with Gasteiger partial charge in [-0.25, -0.2) is 4.79 Å². The van der Waals surface area contributed by atoms with Crippen molar-refractivity contribution in [1.82, 2.24) is 4.90 Å². The van der Waals surface area contributed by atoms with Gasteiger partial charge in [0, 0.05) is 22.8 Å². The Morgan fingerprint density at radius 2 is 2.00 bits per heavy atom. The second-order valence-corrected chi connectivity index (χ2v) is 6.48. The molecular weight excluding hydrogens is 377 g/mol. The van der Waals surface area contributed by atoms with Crippen LogP contribution in [-0.2, 0) is 6.54 Å². The van der Waals surface area contributed by atoms with Gasteiger partial charge in [-0.3, -0.25) is 0 Å². The molecule has 0 aliphatic carbocycles. The molecule has 1 unspecified atom stereocenters. The third kappa shape index (κ3) is 2.89. The number of hydrogen-bond donors (Lipinski definition) is 2. The van der Waals surface area contributed by atoms with Crippen molar-refractivity contribution in [3.05, 3.63) is 62.7 Å². The summed E-state index contributed by atoms with van der Waals surface area (Å²) in [6, 6.07) is 14.0. The second-order valence-electron chi connectivity index (χ2n) is 5.24. The van der Waals surface area contributed by atoms with E-state index in [1.165, 1.54) is 3.57 Å². The molecule has 3 rings (SSSR count). The van der Waals surface area contributed by atoms with Crippen molar-refractivity contribution in [2.75, 3.05) is 12.4 Å². The van der Waals surface area contributed by atoms with Crippen LogP contribution >= 0.6 is 22.6 Å². The SMILES string of the molecule is CN1Cc2cc(C(N)c3cccc(I)c3)ccc2NC1=O. The molecule has 1 heterocycles. The molecule has 2 aromatic carbocycles. The Morgan fingerprint density at radius 1 is 1.24 bits per heavy atom. The van der Waals surface area contributed by atoms with Gasteiger partial charge >= 0.3 is 6.03 Å². The molecule has 21 heavy (non-hydrogen) atoms. The Bertz CT molecular complexity index is 702. The summed E-state index contributed by atoms with van der Waals surface area (Å²) in [6.45, 7) is 0.605. The summed E-state index contributed by atoms with van der Waals surface area (Å²) in [4.78, 5) is 13.3. The molecule has 0 saturated heterocycles. The predicted molar refractivity (Wildman–Crippen MR) is 92.1 cm³/mol. The average molecular weight is 393 g/mol. The summed E-state index contributed by atoms with van der Waals surface area (Å²) < 4.78 is 1.17. The Balaban J connectivity index is 1.93. The number of fused-ring (bicyclic) bond motifs is 1. The molecule has 1 aliphatic rings. The highest BCUT2D eigenvalue weighted by Crippen LogP contribution is 2.28. The van der Waals surface area contributed by atoms with E-state index in [4.69, 9.17) is 5.73 Å². The molecule has 0 aromatic heterocycles. The molecule has 0 radical (unpaired) electrons. The van der Waals surface area contributed by atoms with E-state index in [0.29, 0.717) is 6.54 Å². The fourth-order valence-electron chi connectivity index (χ4n) is 2.49.